The number of carbonyl (C=O) groups is 1. The summed E-state index contributed by atoms with van der Waals surface area (Å²) in [6.45, 7) is 0. The molecule has 0 aliphatic heterocycles. The lowest BCUT2D eigenvalue weighted by molar-refractivity contribution is 0.0690. The second-order valence-electron chi connectivity index (χ2n) is 3.78. The van der Waals surface area contributed by atoms with Gasteiger partial charge in [-0.25, -0.2) is 9.78 Å². The van der Waals surface area contributed by atoms with E-state index in [0.717, 1.165) is 11.1 Å². The molecular formula is C13H9Cl2NO2. The van der Waals surface area contributed by atoms with Crippen LogP contribution < -0.4 is 0 Å². The third-order valence-electron chi connectivity index (χ3n) is 2.44. The van der Waals surface area contributed by atoms with Crippen molar-refractivity contribution in [3.05, 3.63) is 63.4 Å². The Kier molecular flexibility index (Phi) is 3.84. The highest BCUT2D eigenvalue weighted by Gasteiger charge is 2.06. The molecule has 0 aliphatic carbocycles. The summed E-state index contributed by atoms with van der Waals surface area (Å²) in [5.41, 5.74) is 1.86. The Balaban J connectivity index is 2.25. The van der Waals surface area contributed by atoms with E-state index in [9.17, 15) is 4.79 Å². The van der Waals surface area contributed by atoms with Crippen LogP contribution in [-0.2, 0) is 6.42 Å². The highest BCUT2D eigenvalue weighted by atomic mass is 35.5. The highest BCUT2D eigenvalue weighted by molar-refractivity contribution is 6.42. The maximum atomic E-state index is 10.8. The quantitative estimate of drug-likeness (QED) is 0.934. The summed E-state index contributed by atoms with van der Waals surface area (Å²) in [5.74, 6) is -1.04. The number of aromatic carboxylic acids is 1. The predicted octanol–water partition coefficient (Wildman–Crippen LogP) is 3.68. The van der Waals surface area contributed by atoms with E-state index in [4.69, 9.17) is 28.3 Å². The van der Waals surface area contributed by atoms with Gasteiger partial charge in [0.05, 0.1) is 10.0 Å². The minimum Gasteiger partial charge on any atom is -0.477 e. The number of halogens is 2. The van der Waals surface area contributed by atoms with Crippen molar-refractivity contribution in [2.24, 2.45) is 0 Å². The van der Waals surface area contributed by atoms with Crippen LogP contribution in [0.5, 0.6) is 0 Å². The largest absolute Gasteiger partial charge is 0.477 e. The number of pyridine rings is 1. The van der Waals surface area contributed by atoms with E-state index < -0.39 is 5.97 Å². The Morgan fingerprint density at radius 3 is 2.50 bits per heavy atom. The number of nitrogens with zero attached hydrogens (tertiary/aromatic N) is 1. The monoisotopic (exact) mass is 281 g/mol. The summed E-state index contributed by atoms with van der Waals surface area (Å²) in [5, 5.41) is 9.84. The van der Waals surface area contributed by atoms with E-state index >= 15 is 0 Å². The van der Waals surface area contributed by atoms with Crippen LogP contribution in [0.1, 0.15) is 21.6 Å². The first-order valence-corrected chi connectivity index (χ1v) is 5.94. The molecular weight excluding hydrogens is 273 g/mol. The molecule has 0 amide bonds. The Morgan fingerprint density at radius 2 is 1.83 bits per heavy atom. The van der Waals surface area contributed by atoms with Crippen molar-refractivity contribution in [1.82, 2.24) is 4.98 Å². The van der Waals surface area contributed by atoms with Crippen LogP contribution in [0.3, 0.4) is 0 Å². The average molecular weight is 282 g/mol. The SMILES string of the molecule is O=C(O)c1cc(Cc2ccc(Cl)c(Cl)c2)ccn1. The molecule has 0 bridgehead atoms. The van der Waals surface area contributed by atoms with Crippen LogP contribution in [0, 0.1) is 0 Å². The van der Waals surface area contributed by atoms with Gasteiger partial charge in [0.1, 0.15) is 5.69 Å². The van der Waals surface area contributed by atoms with E-state index in [-0.39, 0.29) is 5.69 Å². The molecule has 1 heterocycles. The molecule has 0 unspecified atom stereocenters. The molecule has 0 saturated heterocycles. The fourth-order valence-corrected chi connectivity index (χ4v) is 1.91. The van der Waals surface area contributed by atoms with Crippen LogP contribution in [0.4, 0.5) is 0 Å². The number of hydrogen-bond donors (Lipinski definition) is 1. The normalized spacial score (nSPS) is 10.3. The summed E-state index contributed by atoms with van der Waals surface area (Å²) < 4.78 is 0. The van der Waals surface area contributed by atoms with Gasteiger partial charge in [-0.1, -0.05) is 29.3 Å². The molecule has 0 radical (unpaired) electrons. The van der Waals surface area contributed by atoms with Crippen molar-refractivity contribution in [3.8, 4) is 0 Å². The number of hydrogen-bond acceptors (Lipinski definition) is 2. The number of carboxylic acids is 1. The first-order chi connectivity index (χ1) is 8.56. The van der Waals surface area contributed by atoms with E-state index in [2.05, 4.69) is 4.98 Å². The van der Waals surface area contributed by atoms with Crippen molar-refractivity contribution in [2.45, 2.75) is 6.42 Å². The zero-order valence-electron chi connectivity index (χ0n) is 9.23. The Bertz CT molecular complexity index is 599. The zero-order chi connectivity index (χ0) is 13.1. The number of carboxylic acid groups (broad SMARTS) is 1. The molecule has 1 N–H and O–H groups in total. The number of rotatable bonds is 3. The maximum absolute atomic E-state index is 10.8. The summed E-state index contributed by atoms with van der Waals surface area (Å²) in [4.78, 5) is 14.6. The topological polar surface area (TPSA) is 50.2 Å². The fourth-order valence-electron chi connectivity index (χ4n) is 1.59. The molecule has 5 heteroatoms. The van der Waals surface area contributed by atoms with E-state index in [1.807, 2.05) is 6.07 Å². The maximum Gasteiger partial charge on any atom is 0.354 e. The Hall–Kier alpha value is -1.58. The molecule has 0 aliphatic rings. The first-order valence-electron chi connectivity index (χ1n) is 5.18. The van der Waals surface area contributed by atoms with Gasteiger partial charge < -0.3 is 5.11 Å². The van der Waals surface area contributed by atoms with Crippen molar-refractivity contribution in [2.75, 3.05) is 0 Å². The first kappa shape index (κ1) is 12.9. The lowest BCUT2D eigenvalue weighted by atomic mass is 10.1. The molecule has 18 heavy (non-hydrogen) atoms. The van der Waals surface area contributed by atoms with Crippen molar-refractivity contribution in [1.29, 1.82) is 0 Å². The molecule has 1 aromatic heterocycles. The minimum absolute atomic E-state index is 0.0348. The standard InChI is InChI=1S/C13H9Cl2NO2/c14-10-2-1-8(6-11(10)15)5-9-3-4-16-12(7-9)13(17)18/h1-4,6-7H,5H2,(H,17,18). The van der Waals surface area contributed by atoms with Crippen LogP contribution >= 0.6 is 23.2 Å². The van der Waals surface area contributed by atoms with Gasteiger partial charge in [-0.05, 0) is 41.8 Å². The molecule has 0 atom stereocenters. The van der Waals surface area contributed by atoms with Gasteiger partial charge in [0, 0.05) is 6.20 Å². The molecule has 0 saturated carbocycles. The van der Waals surface area contributed by atoms with Gasteiger partial charge in [0.2, 0.25) is 0 Å². The van der Waals surface area contributed by atoms with Crippen LogP contribution in [0.2, 0.25) is 10.0 Å². The third kappa shape index (κ3) is 3.00. The summed E-state index contributed by atoms with van der Waals surface area (Å²) in [6.07, 6.45) is 2.07. The summed E-state index contributed by atoms with van der Waals surface area (Å²) in [7, 11) is 0. The van der Waals surface area contributed by atoms with Gasteiger partial charge in [0.15, 0.2) is 0 Å². The molecule has 92 valence electrons. The third-order valence-corrected chi connectivity index (χ3v) is 3.17. The molecule has 0 spiro atoms. The average Bonchev–Trinajstić information content (AvgIpc) is 2.34. The van der Waals surface area contributed by atoms with Crippen molar-refractivity contribution in [3.63, 3.8) is 0 Å². The van der Waals surface area contributed by atoms with Crippen molar-refractivity contribution >= 4 is 29.2 Å². The summed E-state index contributed by atoms with van der Waals surface area (Å²) in [6, 6.07) is 8.66. The second-order valence-corrected chi connectivity index (χ2v) is 4.59. The van der Waals surface area contributed by atoms with Crippen LogP contribution in [0.25, 0.3) is 0 Å². The Labute approximate surface area is 114 Å². The Morgan fingerprint density at radius 1 is 1.11 bits per heavy atom. The van der Waals surface area contributed by atoms with Crippen molar-refractivity contribution < 1.29 is 9.90 Å². The second kappa shape index (κ2) is 5.38. The minimum atomic E-state index is -1.04. The van der Waals surface area contributed by atoms with Gasteiger partial charge in [0.25, 0.3) is 0 Å². The zero-order valence-corrected chi connectivity index (χ0v) is 10.7. The number of aromatic nitrogens is 1. The van der Waals surface area contributed by atoms with Crippen LogP contribution in [-0.4, -0.2) is 16.1 Å². The molecule has 2 rings (SSSR count). The van der Waals surface area contributed by atoms with E-state index in [1.165, 1.54) is 6.20 Å². The van der Waals surface area contributed by atoms with E-state index in [0.29, 0.717) is 16.5 Å². The highest BCUT2D eigenvalue weighted by Crippen LogP contribution is 2.23. The van der Waals surface area contributed by atoms with Crippen LogP contribution in [0.15, 0.2) is 36.5 Å². The lowest BCUT2D eigenvalue weighted by Gasteiger charge is -2.04. The van der Waals surface area contributed by atoms with E-state index in [1.54, 1.807) is 24.3 Å². The molecule has 3 nitrogen and oxygen atoms in total. The smallest absolute Gasteiger partial charge is 0.354 e. The molecule has 1 aromatic carbocycles. The predicted molar refractivity (Wildman–Crippen MR) is 70.5 cm³/mol. The van der Waals surface area contributed by atoms with Gasteiger partial charge in [-0.3, -0.25) is 0 Å². The molecule has 0 fully saturated rings. The number of benzene rings is 1. The summed E-state index contributed by atoms with van der Waals surface area (Å²) >= 11 is 11.8. The van der Waals surface area contributed by atoms with Gasteiger partial charge in [-0.2, -0.15) is 0 Å². The van der Waals surface area contributed by atoms with Gasteiger partial charge >= 0.3 is 5.97 Å². The fraction of sp³-hybridized carbons (Fsp3) is 0.0769. The molecule has 2 aromatic rings. The van der Waals surface area contributed by atoms with Gasteiger partial charge in [-0.15, -0.1) is 0 Å². The lowest BCUT2D eigenvalue weighted by Crippen LogP contribution is -2.01.